The van der Waals surface area contributed by atoms with Crippen LogP contribution in [-0.2, 0) is 4.79 Å². The molecule has 0 fully saturated rings. The zero-order valence-electron chi connectivity index (χ0n) is 8.86. The minimum absolute atomic E-state index is 0.00933. The highest BCUT2D eigenvalue weighted by atomic mass is 16.1. The van der Waals surface area contributed by atoms with Crippen LogP contribution in [0.25, 0.3) is 0 Å². The van der Waals surface area contributed by atoms with E-state index in [9.17, 15) is 4.79 Å². The third-order valence-electron chi connectivity index (χ3n) is 1.97. The SMILES string of the molecule is C=CC(C)NC(=O)CNc1ccccc1. The second-order valence-electron chi connectivity index (χ2n) is 3.31. The molecule has 80 valence electrons. The quantitative estimate of drug-likeness (QED) is 0.718. The van der Waals surface area contributed by atoms with Crippen molar-refractivity contribution in [1.29, 1.82) is 0 Å². The fourth-order valence-electron chi connectivity index (χ4n) is 1.10. The van der Waals surface area contributed by atoms with Crippen LogP contribution in [0.3, 0.4) is 0 Å². The smallest absolute Gasteiger partial charge is 0.239 e. The van der Waals surface area contributed by atoms with Gasteiger partial charge in [0.15, 0.2) is 0 Å². The van der Waals surface area contributed by atoms with Gasteiger partial charge in [0.2, 0.25) is 5.91 Å². The largest absolute Gasteiger partial charge is 0.376 e. The lowest BCUT2D eigenvalue weighted by atomic mass is 10.3. The molecule has 3 nitrogen and oxygen atoms in total. The standard InChI is InChI=1S/C12H16N2O/c1-3-10(2)14-12(15)9-13-11-7-5-4-6-8-11/h3-8,10,13H,1,9H2,2H3,(H,14,15). The number of benzene rings is 1. The monoisotopic (exact) mass is 204 g/mol. The van der Waals surface area contributed by atoms with Crippen molar-refractivity contribution < 1.29 is 4.79 Å². The number of anilines is 1. The molecule has 0 aromatic heterocycles. The Morgan fingerprint density at radius 2 is 2.13 bits per heavy atom. The van der Waals surface area contributed by atoms with Crippen LogP contribution in [-0.4, -0.2) is 18.5 Å². The topological polar surface area (TPSA) is 41.1 Å². The third-order valence-corrected chi connectivity index (χ3v) is 1.97. The Morgan fingerprint density at radius 3 is 2.73 bits per heavy atom. The van der Waals surface area contributed by atoms with Gasteiger partial charge in [0.1, 0.15) is 0 Å². The van der Waals surface area contributed by atoms with E-state index in [1.165, 1.54) is 0 Å². The number of carbonyl (C=O) groups is 1. The number of hydrogen-bond acceptors (Lipinski definition) is 2. The first-order valence-corrected chi connectivity index (χ1v) is 4.93. The molecule has 0 saturated heterocycles. The van der Waals surface area contributed by atoms with E-state index in [1.54, 1.807) is 6.08 Å². The van der Waals surface area contributed by atoms with Crippen molar-refractivity contribution in [2.75, 3.05) is 11.9 Å². The maximum absolute atomic E-state index is 11.4. The van der Waals surface area contributed by atoms with Crippen LogP contribution < -0.4 is 10.6 Å². The Labute approximate surface area is 90.2 Å². The van der Waals surface area contributed by atoms with Gasteiger partial charge in [-0.2, -0.15) is 0 Å². The molecular weight excluding hydrogens is 188 g/mol. The van der Waals surface area contributed by atoms with Gasteiger partial charge in [0.25, 0.3) is 0 Å². The summed E-state index contributed by atoms with van der Waals surface area (Å²) in [5.74, 6) is -0.0359. The van der Waals surface area contributed by atoms with E-state index in [4.69, 9.17) is 0 Å². The minimum Gasteiger partial charge on any atom is -0.376 e. The Hall–Kier alpha value is -1.77. The summed E-state index contributed by atoms with van der Waals surface area (Å²) in [6.45, 7) is 5.76. The maximum Gasteiger partial charge on any atom is 0.239 e. The summed E-state index contributed by atoms with van der Waals surface area (Å²) >= 11 is 0. The third kappa shape index (κ3) is 4.31. The van der Waals surface area contributed by atoms with Crippen LogP contribution in [0.2, 0.25) is 0 Å². The predicted octanol–water partition coefficient (Wildman–Crippen LogP) is 1.79. The summed E-state index contributed by atoms with van der Waals surface area (Å²) in [5.41, 5.74) is 0.943. The number of amides is 1. The average Bonchev–Trinajstić information content (AvgIpc) is 2.27. The van der Waals surface area contributed by atoms with E-state index >= 15 is 0 Å². The van der Waals surface area contributed by atoms with E-state index in [0.29, 0.717) is 0 Å². The van der Waals surface area contributed by atoms with Crippen LogP contribution in [0.4, 0.5) is 5.69 Å². The van der Waals surface area contributed by atoms with Crippen LogP contribution in [0.5, 0.6) is 0 Å². The molecule has 1 rings (SSSR count). The predicted molar refractivity (Wildman–Crippen MR) is 62.7 cm³/mol. The lowest BCUT2D eigenvalue weighted by Crippen LogP contribution is -2.35. The van der Waals surface area contributed by atoms with Gasteiger partial charge < -0.3 is 10.6 Å². The molecule has 0 heterocycles. The van der Waals surface area contributed by atoms with Crippen molar-refractivity contribution in [1.82, 2.24) is 5.32 Å². The van der Waals surface area contributed by atoms with E-state index in [0.717, 1.165) is 5.69 Å². The maximum atomic E-state index is 11.4. The number of rotatable bonds is 5. The fraction of sp³-hybridized carbons (Fsp3) is 0.250. The number of para-hydroxylation sites is 1. The van der Waals surface area contributed by atoms with Crippen molar-refractivity contribution in [3.05, 3.63) is 43.0 Å². The highest BCUT2D eigenvalue weighted by Gasteiger charge is 2.02. The second kappa shape index (κ2) is 5.86. The number of carbonyl (C=O) groups excluding carboxylic acids is 1. The van der Waals surface area contributed by atoms with E-state index in [-0.39, 0.29) is 18.5 Å². The molecule has 0 aliphatic heterocycles. The average molecular weight is 204 g/mol. The first-order chi connectivity index (χ1) is 7.22. The highest BCUT2D eigenvalue weighted by Crippen LogP contribution is 2.03. The van der Waals surface area contributed by atoms with Crippen LogP contribution in [0.15, 0.2) is 43.0 Å². The lowest BCUT2D eigenvalue weighted by Gasteiger charge is -2.10. The van der Waals surface area contributed by atoms with Gasteiger partial charge in [-0.1, -0.05) is 24.3 Å². The molecule has 0 radical (unpaired) electrons. The summed E-state index contributed by atoms with van der Waals surface area (Å²) in [5, 5.41) is 5.81. The van der Waals surface area contributed by atoms with Gasteiger partial charge in [-0.15, -0.1) is 6.58 Å². The molecule has 1 atom stereocenters. The molecular formula is C12H16N2O. The second-order valence-corrected chi connectivity index (χ2v) is 3.31. The van der Waals surface area contributed by atoms with Gasteiger partial charge in [0, 0.05) is 11.7 Å². The molecule has 15 heavy (non-hydrogen) atoms. The van der Waals surface area contributed by atoms with Crippen LogP contribution in [0, 0.1) is 0 Å². The van der Waals surface area contributed by atoms with Gasteiger partial charge in [-0.05, 0) is 19.1 Å². The summed E-state index contributed by atoms with van der Waals surface area (Å²) in [4.78, 5) is 11.4. The lowest BCUT2D eigenvalue weighted by molar-refractivity contribution is -0.119. The van der Waals surface area contributed by atoms with Crippen molar-refractivity contribution in [3.8, 4) is 0 Å². The molecule has 2 N–H and O–H groups in total. The Bertz CT molecular complexity index is 322. The summed E-state index contributed by atoms with van der Waals surface area (Å²) in [6.07, 6.45) is 1.69. The summed E-state index contributed by atoms with van der Waals surface area (Å²) in [7, 11) is 0. The van der Waals surface area contributed by atoms with Crippen molar-refractivity contribution in [2.45, 2.75) is 13.0 Å². The van der Waals surface area contributed by atoms with Crippen molar-refractivity contribution in [2.24, 2.45) is 0 Å². The molecule has 0 spiro atoms. The van der Waals surface area contributed by atoms with Gasteiger partial charge >= 0.3 is 0 Å². The molecule has 0 aliphatic rings. The van der Waals surface area contributed by atoms with Crippen LogP contribution in [0.1, 0.15) is 6.92 Å². The van der Waals surface area contributed by atoms with E-state index in [1.807, 2.05) is 37.3 Å². The molecule has 1 unspecified atom stereocenters. The van der Waals surface area contributed by atoms with Crippen molar-refractivity contribution >= 4 is 11.6 Å². The first kappa shape index (κ1) is 11.3. The molecule has 1 aromatic rings. The molecule has 0 aliphatic carbocycles. The molecule has 0 saturated carbocycles. The minimum atomic E-state index is -0.0359. The van der Waals surface area contributed by atoms with Crippen LogP contribution >= 0.6 is 0 Å². The zero-order valence-corrected chi connectivity index (χ0v) is 8.86. The van der Waals surface area contributed by atoms with E-state index in [2.05, 4.69) is 17.2 Å². The van der Waals surface area contributed by atoms with Gasteiger partial charge in [0.05, 0.1) is 6.54 Å². The normalized spacial score (nSPS) is 11.5. The summed E-state index contributed by atoms with van der Waals surface area (Å²) in [6, 6.07) is 9.63. The molecule has 1 amide bonds. The molecule has 1 aromatic carbocycles. The first-order valence-electron chi connectivity index (χ1n) is 4.93. The zero-order chi connectivity index (χ0) is 11.1. The summed E-state index contributed by atoms with van der Waals surface area (Å²) < 4.78 is 0. The van der Waals surface area contributed by atoms with Gasteiger partial charge in [-0.3, -0.25) is 4.79 Å². The molecule has 0 bridgehead atoms. The van der Waals surface area contributed by atoms with Crippen molar-refractivity contribution in [3.63, 3.8) is 0 Å². The highest BCUT2D eigenvalue weighted by molar-refractivity contribution is 5.81. The Kier molecular flexibility index (Phi) is 4.41. The Morgan fingerprint density at radius 1 is 1.47 bits per heavy atom. The Balaban J connectivity index is 2.31. The number of nitrogens with one attached hydrogen (secondary N) is 2. The number of hydrogen-bond donors (Lipinski definition) is 2. The van der Waals surface area contributed by atoms with E-state index < -0.39 is 0 Å². The van der Waals surface area contributed by atoms with Gasteiger partial charge in [-0.25, -0.2) is 0 Å². The fourth-order valence-corrected chi connectivity index (χ4v) is 1.10. The molecule has 3 heteroatoms.